The first-order valence-electron chi connectivity index (χ1n) is 8.39. The predicted octanol–water partition coefficient (Wildman–Crippen LogP) is 2.35. The van der Waals surface area contributed by atoms with Crippen LogP contribution in [0.25, 0.3) is 0 Å². The van der Waals surface area contributed by atoms with Gasteiger partial charge in [-0.15, -0.1) is 0 Å². The second-order valence-corrected chi connectivity index (χ2v) is 6.05. The number of nitrogens with zero attached hydrogens (tertiary/aromatic N) is 1. The minimum Gasteiger partial charge on any atom is -0.454 e. The van der Waals surface area contributed by atoms with Gasteiger partial charge in [0, 0.05) is 24.2 Å². The molecule has 1 aliphatic heterocycles. The molecule has 1 aliphatic rings. The van der Waals surface area contributed by atoms with Crippen molar-refractivity contribution in [1.29, 1.82) is 0 Å². The minimum atomic E-state index is -0.595. The van der Waals surface area contributed by atoms with Gasteiger partial charge < -0.3 is 14.7 Å². The lowest BCUT2D eigenvalue weighted by Crippen LogP contribution is -2.23. The zero-order valence-corrected chi connectivity index (χ0v) is 14.2. The summed E-state index contributed by atoms with van der Waals surface area (Å²) in [5, 5.41) is 8.99. The van der Waals surface area contributed by atoms with E-state index in [0.29, 0.717) is 29.7 Å². The molecule has 0 atom stereocenters. The van der Waals surface area contributed by atoms with E-state index in [1.807, 2.05) is 0 Å². The summed E-state index contributed by atoms with van der Waals surface area (Å²) in [5.74, 6) is -0.822. The molecule has 6 heteroatoms. The molecule has 6 nitrogen and oxygen atoms in total. The van der Waals surface area contributed by atoms with Crippen LogP contribution in [0.5, 0.6) is 0 Å². The summed E-state index contributed by atoms with van der Waals surface area (Å²) in [5.41, 5.74) is 2.20. The Morgan fingerprint density at radius 1 is 1.00 bits per heavy atom. The van der Waals surface area contributed by atoms with Crippen molar-refractivity contribution >= 4 is 23.3 Å². The number of Topliss-reactive ketones (excluding diaryl/α,β-unsaturated/α-hetero) is 1. The average Bonchev–Trinajstić information content (AvgIpc) is 3.12. The first-order chi connectivity index (χ1) is 12.6. The van der Waals surface area contributed by atoms with E-state index in [2.05, 4.69) is 0 Å². The fraction of sp³-hybridized carbons (Fsp3) is 0.250. The van der Waals surface area contributed by atoms with E-state index in [9.17, 15) is 14.4 Å². The number of ether oxygens (including phenoxy) is 1. The van der Waals surface area contributed by atoms with Gasteiger partial charge in [-0.05, 0) is 48.4 Å². The highest BCUT2D eigenvalue weighted by Gasteiger charge is 2.21. The Morgan fingerprint density at radius 2 is 1.65 bits per heavy atom. The van der Waals surface area contributed by atoms with Crippen LogP contribution in [0.3, 0.4) is 0 Å². The van der Waals surface area contributed by atoms with E-state index in [1.54, 1.807) is 53.4 Å². The summed E-state index contributed by atoms with van der Waals surface area (Å²) >= 11 is 0. The number of amides is 1. The van der Waals surface area contributed by atoms with Crippen LogP contribution in [0.2, 0.25) is 0 Å². The van der Waals surface area contributed by atoms with Crippen molar-refractivity contribution in [2.24, 2.45) is 0 Å². The number of carbonyl (C=O) groups excluding carboxylic acids is 3. The normalized spacial score (nSPS) is 13.7. The zero-order valence-electron chi connectivity index (χ0n) is 14.2. The van der Waals surface area contributed by atoms with Crippen LogP contribution >= 0.6 is 0 Å². The van der Waals surface area contributed by atoms with Gasteiger partial charge >= 0.3 is 5.97 Å². The summed E-state index contributed by atoms with van der Waals surface area (Å²) in [6.45, 7) is 0.230. The lowest BCUT2D eigenvalue weighted by Gasteiger charge is -2.15. The van der Waals surface area contributed by atoms with Crippen molar-refractivity contribution in [3.05, 3.63) is 65.2 Å². The zero-order chi connectivity index (χ0) is 18.5. The molecule has 1 heterocycles. The monoisotopic (exact) mass is 353 g/mol. The molecule has 0 spiro atoms. The number of rotatable bonds is 6. The highest BCUT2D eigenvalue weighted by atomic mass is 16.5. The third-order valence-corrected chi connectivity index (χ3v) is 4.28. The average molecular weight is 353 g/mol. The third-order valence-electron chi connectivity index (χ3n) is 4.28. The maximum absolute atomic E-state index is 12.2. The standard InChI is InChI=1S/C20H19NO5/c22-12-14-3-5-16(6-4-14)20(25)26-13-18(23)15-7-9-17(10-8-15)21-11-1-2-19(21)24/h3-10,22H,1-2,11-13H2. The Labute approximate surface area is 151 Å². The SMILES string of the molecule is O=C(COC(=O)c1ccc(CO)cc1)c1ccc(N2CCCC2=O)cc1. The molecule has 1 fully saturated rings. The summed E-state index contributed by atoms with van der Waals surface area (Å²) in [6.07, 6.45) is 1.39. The Balaban J connectivity index is 1.57. The Hall–Kier alpha value is -2.99. The fourth-order valence-corrected chi connectivity index (χ4v) is 2.79. The number of hydrogen-bond acceptors (Lipinski definition) is 5. The van der Waals surface area contributed by atoms with Crippen molar-refractivity contribution in [2.75, 3.05) is 18.1 Å². The van der Waals surface area contributed by atoms with Crippen LogP contribution in [-0.4, -0.2) is 35.9 Å². The van der Waals surface area contributed by atoms with Gasteiger partial charge in [0.15, 0.2) is 12.4 Å². The van der Waals surface area contributed by atoms with E-state index in [0.717, 1.165) is 12.1 Å². The van der Waals surface area contributed by atoms with Gasteiger partial charge in [-0.25, -0.2) is 4.79 Å². The molecule has 26 heavy (non-hydrogen) atoms. The summed E-state index contributed by atoms with van der Waals surface area (Å²) < 4.78 is 5.05. The number of aliphatic hydroxyl groups excluding tert-OH is 1. The number of benzene rings is 2. The second-order valence-electron chi connectivity index (χ2n) is 6.05. The molecule has 1 saturated heterocycles. The summed E-state index contributed by atoms with van der Waals surface area (Å²) in [6, 6.07) is 13.0. The van der Waals surface area contributed by atoms with Gasteiger partial charge in [-0.1, -0.05) is 12.1 Å². The third kappa shape index (κ3) is 3.97. The molecule has 0 aliphatic carbocycles. The van der Waals surface area contributed by atoms with E-state index in [-0.39, 0.29) is 24.9 Å². The van der Waals surface area contributed by atoms with Crippen LogP contribution in [0.4, 0.5) is 5.69 Å². The molecule has 0 bridgehead atoms. The molecule has 134 valence electrons. The highest BCUT2D eigenvalue weighted by molar-refractivity contribution is 6.00. The van der Waals surface area contributed by atoms with Crippen molar-refractivity contribution in [1.82, 2.24) is 0 Å². The van der Waals surface area contributed by atoms with Crippen LogP contribution < -0.4 is 4.90 Å². The highest BCUT2D eigenvalue weighted by Crippen LogP contribution is 2.21. The van der Waals surface area contributed by atoms with Gasteiger partial charge in [-0.3, -0.25) is 9.59 Å². The van der Waals surface area contributed by atoms with Gasteiger partial charge in [0.25, 0.3) is 0 Å². The van der Waals surface area contributed by atoms with Crippen LogP contribution in [0, 0.1) is 0 Å². The largest absolute Gasteiger partial charge is 0.454 e. The van der Waals surface area contributed by atoms with Crippen molar-refractivity contribution < 1.29 is 24.2 Å². The fourth-order valence-electron chi connectivity index (χ4n) is 2.79. The van der Waals surface area contributed by atoms with Crippen LogP contribution in [0.15, 0.2) is 48.5 Å². The Kier molecular flexibility index (Phi) is 5.43. The maximum atomic E-state index is 12.2. The Bertz CT molecular complexity index is 811. The minimum absolute atomic E-state index is 0.0882. The van der Waals surface area contributed by atoms with Gasteiger partial charge in [0.2, 0.25) is 5.91 Å². The first kappa shape index (κ1) is 17.8. The molecule has 1 amide bonds. The van der Waals surface area contributed by atoms with Gasteiger partial charge in [-0.2, -0.15) is 0 Å². The van der Waals surface area contributed by atoms with E-state index in [1.165, 1.54) is 0 Å². The van der Waals surface area contributed by atoms with Crippen molar-refractivity contribution in [3.63, 3.8) is 0 Å². The van der Waals surface area contributed by atoms with E-state index < -0.39 is 5.97 Å². The number of carbonyl (C=O) groups is 3. The molecule has 0 radical (unpaired) electrons. The number of esters is 1. The molecule has 2 aromatic carbocycles. The molecule has 0 aromatic heterocycles. The Morgan fingerprint density at radius 3 is 2.23 bits per heavy atom. The summed E-state index contributed by atoms with van der Waals surface area (Å²) in [7, 11) is 0. The number of anilines is 1. The molecule has 2 aromatic rings. The van der Waals surface area contributed by atoms with Gasteiger partial charge in [0.1, 0.15) is 0 Å². The lowest BCUT2D eigenvalue weighted by atomic mass is 10.1. The predicted molar refractivity (Wildman–Crippen MR) is 95.0 cm³/mol. The van der Waals surface area contributed by atoms with Crippen molar-refractivity contribution in [2.45, 2.75) is 19.4 Å². The number of hydrogen-bond donors (Lipinski definition) is 1. The van der Waals surface area contributed by atoms with Crippen LogP contribution in [-0.2, 0) is 16.1 Å². The second kappa shape index (κ2) is 7.93. The molecular formula is C20H19NO5. The smallest absolute Gasteiger partial charge is 0.338 e. The summed E-state index contributed by atoms with van der Waals surface area (Å²) in [4.78, 5) is 37.6. The van der Waals surface area contributed by atoms with E-state index in [4.69, 9.17) is 9.84 Å². The van der Waals surface area contributed by atoms with Gasteiger partial charge in [0.05, 0.1) is 12.2 Å². The first-order valence-corrected chi connectivity index (χ1v) is 8.39. The quantitative estimate of drug-likeness (QED) is 0.637. The molecule has 3 rings (SSSR count). The molecular weight excluding hydrogens is 334 g/mol. The lowest BCUT2D eigenvalue weighted by molar-refractivity contribution is -0.117. The molecule has 1 N–H and O–H groups in total. The molecule has 0 saturated carbocycles. The van der Waals surface area contributed by atoms with E-state index >= 15 is 0 Å². The van der Waals surface area contributed by atoms with Crippen molar-refractivity contribution in [3.8, 4) is 0 Å². The maximum Gasteiger partial charge on any atom is 0.338 e. The number of ketones is 1. The number of aliphatic hydroxyl groups is 1. The van der Waals surface area contributed by atoms with Crippen LogP contribution in [0.1, 0.15) is 39.1 Å². The topological polar surface area (TPSA) is 83.9 Å². The molecule has 0 unspecified atom stereocenters.